The Morgan fingerprint density at radius 1 is 0.643 bits per heavy atom. The molecule has 0 N–H and O–H groups in total. The Balaban J connectivity index is 2.78. The zero-order chi connectivity index (χ0) is 10.5. The minimum Gasteiger partial charge on any atom is -0.355 e. The Labute approximate surface area is 89.0 Å². The monoisotopic (exact) mass is 202 g/mol. The molecule has 86 valence electrons. The Kier molecular flexibility index (Phi) is 12.8. The average Bonchev–Trinajstić information content (AvgIpc) is 2.21. The molecule has 0 spiro atoms. The van der Waals surface area contributed by atoms with Crippen LogP contribution in [0.4, 0.5) is 0 Å². The SMILES string of the molecule is CCCCCCOCOCCCCC. The summed E-state index contributed by atoms with van der Waals surface area (Å²) in [6.45, 7) is 6.61. The molecule has 0 saturated carbocycles. The number of unbranched alkanes of at least 4 members (excludes halogenated alkanes) is 5. The third-order valence-corrected chi connectivity index (χ3v) is 2.20. The summed E-state index contributed by atoms with van der Waals surface area (Å²) in [6, 6.07) is 0. The van der Waals surface area contributed by atoms with Crippen molar-refractivity contribution in [2.75, 3.05) is 20.0 Å². The van der Waals surface area contributed by atoms with Crippen LogP contribution in [-0.4, -0.2) is 20.0 Å². The fourth-order valence-corrected chi connectivity index (χ4v) is 1.26. The molecule has 0 rings (SSSR count). The summed E-state index contributed by atoms with van der Waals surface area (Å²) >= 11 is 0. The molecule has 2 nitrogen and oxygen atoms in total. The minimum absolute atomic E-state index is 0.482. The predicted molar refractivity (Wildman–Crippen MR) is 60.4 cm³/mol. The molecule has 0 saturated heterocycles. The molecule has 0 aliphatic carbocycles. The lowest BCUT2D eigenvalue weighted by Crippen LogP contribution is -2.02. The summed E-state index contributed by atoms with van der Waals surface area (Å²) in [5.41, 5.74) is 0. The van der Waals surface area contributed by atoms with Gasteiger partial charge in [-0.05, 0) is 12.8 Å². The molecule has 0 radical (unpaired) electrons. The average molecular weight is 202 g/mol. The summed E-state index contributed by atoms with van der Waals surface area (Å²) in [4.78, 5) is 0. The second-order valence-corrected chi connectivity index (χ2v) is 3.70. The first-order valence-electron chi connectivity index (χ1n) is 6.07. The summed E-state index contributed by atoms with van der Waals surface area (Å²) in [5, 5.41) is 0. The lowest BCUT2D eigenvalue weighted by molar-refractivity contribution is -0.0555. The van der Waals surface area contributed by atoms with Gasteiger partial charge in [0, 0.05) is 13.2 Å². The van der Waals surface area contributed by atoms with Crippen LogP contribution in [0.3, 0.4) is 0 Å². The van der Waals surface area contributed by atoms with Crippen molar-refractivity contribution >= 4 is 0 Å². The Bertz CT molecular complexity index is 82.3. The molecule has 0 aromatic rings. The van der Waals surface area contributed by atoms with Crippen LogP contribution >= 0.6 is 0 Å². The van der Waals surface area contributed by atoms with Gasteiger partial charge in [0.05, 0.1) is 0 Å². The van der Waals surface area contributed by atoms with E-state index in [-0.39, 0.29) is 0 Å². The van der Waals surface area contributed by atoms with E-state index in [1.54, 1.807) is 0 Å². The third kappa shape index (κ3) is 11.9. The second-order valence-electron chi connectivity index (χ2n) is 3.70. The zero-order valence-electron chi connectivity index (χ0n) is 9.89. The summed E-state index contributed by atoms with van der Waals surface area (Å²) in [7, 11) is 0. The molecule has 0 aromatic heterocycles. The van der Waals surface area contributed by atoms with Crippen molar-refractivity contribution in [1.82, 2.24) is 0 Å². The van der Waals surface area contributed by atoms with Gasteiger partial charge in [-0.2, -0.15) is 0 Å². The molecular formula is C12H26O2. The molecule has 0 aliphatic heterocycles. The molecule has 0 aromatic carbocycles. The van der Waals surface area contributed by atoms with E-state index in [2.05, 4.69) is 13.8 Å². The van der Waals surface area contributed by atoms with Gasteiger partial charge in [0.15, 0.2) is 0 Å². The second kappa shape index (κ2) is 12.9. The lowest BCUT2D eigenvalue weighted by atomic mass is 10.2. The smallest absolute Gasteiger partial charge is 0.146 e. The van der Waals surface area contributed by atoms with Crippen molar-refractivity contribution in [3.63, 3.8) is 0 Å². The largest absolute Gasteiger partial charge is 0.355 e. The maximum atomic E-state index is 5.34. The quantitative estimate of drug-likeness (QED) is 0.375. The standard InChI is InChI=1S/C12H26O2/c1-3-5-7-9-11-14-12-13-10-8-6-4-2/h3-12H2,1-2H3. The first-order chi connectivity index (χ1) is 6.91. The first-order valence-corrected chi connectivity index (χ1v) is 6.07. The molecule has 0 bridgehead atoms. The highest BCUT2D eigenvalue weighted by Gasteiger charge is 1.90. The fraction of sp³-hybridized carbons (Fsp3) is 1.00. The molecular weight excluding hydrogens is 176 g/mol. The molecule has 14 heavy (non-hydrogen) atoms. The van der Waals surface area contributed by atoms with Gasteiger partial charge in [-0.15, -0.1) is 0 Å². The van der Waals surface area contributed by atoms with Crippen molar-refractivity contribution in [3.8, 4) is 0 Å². The zero-order valence-corrected chi connectivity index (χ0v) is 9.89. The third-order valence-electron chi connectivity index (χ3n) is 2.20. The number of hydrogen-bond acceptors (Lipinski definition) is 2. The fourth-order valence-electron chi connectivity index (χ4n) is 1.26. The molecule has 0 atom stereocenters. The molecule has 0 unspecified atom stereocenters. The van der Waals surface area contributed by atoms with E-state index in [0.29, 0.717) is 6.79 Å². The van der Waals surface area contributed by atoms with Gasteiger partial charge in [0.2, 0.25) is 0 Å². The van der Waals surface area contributed by atoms with E-state index in [1.165, 1.54) is 38.5 Å². The van der Waals surface area contributed by atoms with Gasteiger partial charge in [-0.25, -0.2) is 0 Å². The van der Waals surface area contributed by atoms with Crippen molar-refractivity contribution in [2.45, 2.75) is 58.8 Å². The first kappa shape index (κ1) is 13.9. The van der Waals surface area contributed by atoms with Gasteiger partial charge in [-0.1, -0.05) is 46.0 Å². The highest BCUT2D eigenvalue weighted by atomic mass is 16.7. The van der Waals surface area contributed by atoms with Gasteiger partial charge in [0.1, 0.15) is 6.79 Å². The van der Waals surface area contributed by atoms with Crippen molar-refractivity contribution in [1.29, 1.82) is 0 Å². The topological polar surface area (TPSA) is 18.5 Å². The summed E-state index contributed by atoms with van der Waals surface area (Å²) in [5.74, 6) is 0. The molecule has 0 aliphatic rings. The highest BCUT2D eigenvalue weighted by molar-refractivity contribution is 4.38. The molecule has 0 heterocycles. The van der Waals surface area contributed by atoms with Crippen LogP contribution in [0.5, 0.6) is 0 Å². The highest BCUT2D eigenvalue weighted by Crippen LogP contribution is 1.99. The van der Waals surface area contributed by atoms with E-state index >= 15 is 0 Å². The summed E-state index contributed by atoms with van der Waals surface area (Å²) < 4.78 is 10.7. The van der Waals surface area contributed by atoms with Crippen molar-refractivity contribution in [3.05, 3.63) is 0 Å². The molecule has 0 amide bonds. The van der Waals surface area contributed by atoms with Crippen LogP contribution in [0.1, 0.15) is 58.8 Å². The number of ether oxygens (including phenoxy) is 2. The van der Waals surface area contributed by atoms with Gasteiger partial charge in [0.25, 0.3) is 0 Å². The Hall–Kier alpha value is -0.0800. The minimum atomic E-state index is 0.482. The van der Waals surface area contributed by atoms with Crippen molar-refractivity contribution < 1.29 is 9.47 Å². The van der Waals surface area contributed by atoms with Crippen LogP contribution < -0.4 is 0 Å². The van der Waals surface area contributed by atoms with Crippen LogP contribution in [-0.2, 0) is 9.47 Å². The molecule has 0 fully saturated rings. The van der Waals surface area contributed by atoms with Gasteiger partial charge >= 0.3 is 0 Å². The summed E-state index contributed by atoms with van der Waals surface area (Å²) in [6.07, 6.45) is 8.74. The van der Waals surface area contributed by atoms with E-state index in [0.717, 1.165) is 19.6 Å². The Morgan fingerprint density at radius 3 is 1.71 bits per heavy atom. The van der Waals surface area contributed by atoms with E-state index in [9.17, 15) is 0 Å². The normalized spacial score (nSPS) is 10.7. The van der Waals surface area contributed by atoms with Crippen LogP contribution in [0.15, 0.2) is 0 Å². The maximum Gasteiger partial charge on any atom is 0.146 e. The van der Waals surface area contributed by atoms with E-state index < -0.39 is 0 Å². The van der Waals surface area contributed by atoms with Crippen LogP contribution in [0, 0.1) is 0 Å². The Morgan fingerprint density at radius 2 is 1.14 bits per heavy atom. The number of hydrogen-bond donors (Lipinski definition) is 0. The van der Waals surface area contributed by atoms with Gasteiger partial charge in [-0.3, -0.25) is 0 Å². The van der Waals surface area contributed by atoms with Crippen LogP contribution in [0.2, 0.25) is 0 Å². The predicted octanol–water partition coefficient (Wildman–Crippen LogP) is 3.75. The van der Waals surface area contributed by atoms with E-state index in [4.69, 9.17) is 9.47 Å². The molecule has 2 heteroatoms. The lowest BCUT2D eigenvalue weighted by Gasteiger charge is -2.05. The van der Waals surface area contributed by atoms with E-state index in [1.807, 2.05) is 0 Å². The number of rotatable bonds is 11. The van der Waals surface area contributed by atoms with Crippen molar-refractivity contribution in [2.24, 2.45) is 0 Å². The van der Waals surface area contributed by atoms with Gasteiger partial charge < -0.3 is 9.47 Å². The van der Waals surface area contributed by atoms with Crippen LogP contribution in [0.25, 0.3) is 0 Å². The maximum absolute atomic E-state index is 5.34.